The molecule has 1 heterocycles. The van der Waals surface area contributed by atoms with E-state index in [2.05, 4.69) is 15.5 Å². The van der Waals surface area contributed by atoms with Gasteiger partial charge in [0.15, 0.2) is 11.5 Å². The van der Waals surface area contributed by atoms with Gasteiger partial charge in [-0.3, -0.25) is 4.79 Å². The van der Waals surface area contributed by atoms with Crippen molar-refractivity contribution >= 4 is 23.1 Å². The molecular formula is C20H20N4O. The highest BCUT2D eigenvalue weighted by Gasteiger charge is 2.17. The molecule has 5 nitrogen and oxygen atoms in total. The van der Waals surface area contributed by atoms with Crippen molar-refractivity contribution in [3.05, 3.63) is 78.0 Å². The van der Waals surface area contributed by atoms with E-state index in [0.29, 0.717) is 18.1 Å². The van der Waals surface area contributed by atoms with E-state index in [0.717, 1.165) is 16.9 Å². The molecule has 0 aliphatic carbocycles. The van der Waals surface area contributed by atoms with Crippen molar-refractivity contribution in [2.24, 2.45) is 0 Å². The zero-order valence-corrected chi connectivity index (χ0v) is 14.3. The number of amides is 1. The van der Waals surface area contributed by atoms with E-state index in [9.17, 15) is 4.79 Å². The number of benzene rings is 2. The van der Waals surface area contributed by atoms with Gasteiger partial charge in [0.25, 0.3) is 5.91 Å². The van der Waals surface area contributed by atoms with Crippen LogP contribution in [0.3, 0.4) is 0 Å². The molecule has 3 aromatic rings. The van der Waals surface area contributed by atoms with Crippen LogP contribution in [0.1, 0.15) is 23.0 Å². The molecule has 0 saturated carbocycles. The van der Waals surface area contributed by atoms with Crippen LogP contribution in [0.2, 0.25) is 0 Å². The van der Waals surface area contributed by atoms with E-state index in [1.54, 1.807) is 17.0 Å². The normalized spacial score (nSPS) is 10.3. The lowest BCUT2D eigenvalue weighted by Crippen LogP contribution is -2.31. The van der Waals surface area contributed by atoms with Gasteiger partial charge in [-0.15, -0.1) is 10.2 Å². The second-order valence-corrected chi connectivity index (χ2v) is 5.68. The summed E-state index contributed by atoms with van der Waals surface area (Å²) >= 11 is 0. The molecule has 0 aliphatic rings. The van der Waals surface area contributed by atoms with Gasteiger partial charge >= 0.3 is 0 Å². The number of para-hydroxylation sites is 1. The van der Waals surface area contributed by atoms with Crippen LogP contribution in [0.15, 0.2) is 66.7 Å². The highest BCUT2D eigenvalue weighted by atomic mass is 16.2. The zero-order valence-electron chi connectivity index (χ0n) is 14.3. The Hall–Kier alpha value is -3.21. The van der Waals surface area contributed by atoms with Gasteiger partial charge in [0.1, 0.15) is 0 Å². The maximum atomic E-state index is 12.7. The third kappa shape index (κ3) is 4.01. The van der Waals surface area contributed by atoms with Crippen molar-refractivity contribution in [1.29, 1.82) is 0 Å². The van der Waals surface area contributed by atoms with Crippen molar-refractivity contribution in [3.8, 4) is 0 Å². The molecule has 0 atom stereocenters. The predicted molar refractivity (Wildman–Crippen MR) is 100 cm³/mol. The van der Waals surface area contributed by atoms with Gasteiger partial charge in [-0.1, -0.05) is 30.3 Å². The fraction of sp³-hybridized carbons (Fsp3) is 0.150. The first-order chi connectivity index (χ1) is 12.2. The van der Waals surface area contributed by atoms with E-state index in [-0.39, 0.29) is 5.91 Å². The summed E-state index contributed by atoms with van der Waals surface area (Å²) in [5.74, 6) is 0.438. The number of carbonyl (C=O) groups excluding carboxylic acids is 1. The molecule has 3 rings (SSSR count). The van der Waals surface area contributed by atoms with Gasteiger partial charge < -0.3 is 10.2 Å². The Morgan fingerprint density at radius 2 is 1.80 bits per heavy atom. The standard InChI is InChI=1S/C20H20N4O/c1-3-24(17-10-5-4-6-11-17)20(25)18-12-13-19(23-22-18)21-16-9-7-8-15(2)14-16/h4-14H,3H2,1-2H3,(H,21,23). The predicted octanol–water partition coefficient (Wildman–Crippen LogP) is 4.20. The van der Waals surface area contributed by atoms with Crippen molar-refractivity contribution in [2.75, 3.05) is 16.8 Å². The van der Waals surface area contributed by atoms with Gasteiger partial charge in [0.05, 0.1) is 0 Å². The molecule has 0 radical (unpaired) electrons. The molecule has 0 bridgehead atoms. The van der Waals surface area contributed by atoms with Crippen molar-refractivity contribution in [2.45, 2.75) is 13.8 Å². The molecule has 0 saturated heterocycles. The van der Waals surface area contributed by atoms with Crippen LogP contribution >= 0.6 is 0 Å². The molecule has 1 aromatic heterocycles. The average molecular weight is 332 g/mol. The molecule has 25 heavy (non-hydrogen) atoms. The summed E-state index contributed by atoms with van der Waals surface area (Å²) in [5.41, 5.74) is 3.26. The number of aryl methyl sites for hydroxylation is 1. The number of rotatable bonds is 5. The number of aromatic nitrogens is 2. The topological polar surface area (TPSA) is 58.1 Å². The van der Waals surface area contributed by atoms with Gasteiger partial charge in [-0.05, 0) is 55.8 Å². The quantitative estimate of drug-likeness (QED) is 0.761. The van der Waals surface area contributed by atoms with Crippen LogP contribution in [-0.2, 0) is 0 Å². The summed E-state index contributed by atoms with van der Waals surface area (Å²) in [4.78, 5) is 14.4. The Kier molecular flexibility index (Phi) is 5.04. The van der Waals surface area contributed by atoms with Crippen LogP contribution < -0.4 is 10.2 Å². The molecule has 5 heteroatoms. The lowest BCUT2D eigenvalue weighted by Gasteiger charge is -2.20. The van der Waals surface area contributed by atoms with Crippen LogP contribution in [0.4, 0.5) is 17.2 Å². The summed E-state index contributed by atoms with van der Waals surface area (Å²) in [7, 11) is 0. The van der Waals surface area contributed by atoms with Crippen LogP contribution in [0.5, 0.6) is 0 Å². The third-order valence-electron chi connectivity index (χ3n) is 3.80. The number of hydrogen-bond donors (Lipinski definition) is 1. The van der Waals surface area contributed by atoms with Gasteiger partial charge in [-0.2, -0.15) is 0 Å². The number of carbonyl (C=O) groups is 1. The molecule has 1 N–H and O–H groups in total. The third-order valence-corrected chi connectivity index (χ3v) is 3.80. The Balaban J connectivity index is 1.76. The number of anilines is 3. The molecule has 2 aromatic carbocycles. The highest BCUT2D eigenvalue weighted by molar-refractivity contribution is 6.04. The van der Waals surface area contributed by atoms with Crippen molar-refractivity contribution in [3.63, 3.8) is 0 Å². The summed E-state index contributed by atoms with van der Waals surface area (Å²) in [6.07, 6.45) is 0. The number of nitrogens with one attached hydrogen (secondary N) is 1. The largest absolute Gasteiger partial charge is 0.339 e. The molecule has 0 unspecified atom stereocenters. The van der Waals surface area contributed by atoms with E-state index < -0.39 is 0 Å². The first-order valence-corrected chi connectivity index (χ1v) is 8.21. The molecule has 1 amide bonds. The average Bonchev–Trinajstić information content (AvgIpc) is 2.64. The van der Waals surface area contributed by atoms with Gasteiger partial charge in [0, 0.05) is 17.9 Å². The minimum absolute atomic E-state index is 0.164. The number of nitrogens with zero attached hydrogens (tertiary/aromatic N) is 3. The second-order valence-electron chi connectivity index (χ2n) is 5.68. The van der Waals surface area contributed by atoms with Crippen molar-refractivity contribution < 1.29 is 4.79 Å². The van der Waals surface area contributed by atoms with Crippen LogP contribution in [-0.4, -0.2) is 22.6 Å². The first kappa shape index (κ1) is 16.6. The lowest BCUT2D eigenvalue weighted by molar-refractivity contribution is 0.0982. The summed E-state index contributed by atoms with van der Waals surface area (Å²) in [5, 5.41) is 11.4. The Labute approximate surface area is 147 Å². The van der Waals surface area contributed by atoms with E-state index in [4.69, 9.17) is 0 Å². The maximum absolute atomic E-state index is 12.7. The van der Waals surface area contributed by atoms with E-state index >= 15 is 0 Å². The van der Waals surface area contributed by atoms with E-state index in [1.807, 2.05) is 68.4 Å². The van der Waals surface area contributed by atoms with E-state index in [1.165, 1.54) is 0 Å². The lowest BCUT2D eigenvalue weighted by atomic mass is 10.2. The number of hydrogen-bond acceptors (Lipinski definition) is 4. The molecule has 0 aliphatic heterocycles. The molecule has 0 spiro atoms. The van der Waals surface area contributed by atoms with Gasteiger partial charge in [-0.25, -0.2) is 0 Å². The van der Waals surface area contributed by atoms with Crippen LogP contribution in [0.25, 0.3) is 0 Å². The minimum atomic E-state index is -0.164. The highest BCUT2D eigenvalue weighted by Crippen LogP contribution is 2.18. The van der Waals surface area contributed by atoms with Crippen LogP contribution in [0, 0.1) is 6.92 Å². The second kappa shape index (κ2) is 7.57. The fourth-order valence-corrected chi connectivity index (χ4v) is 2.57. The molecule has 0 fully saturated rings. The molecular weight excluding hydrogens is 312 g/mol. The SMILES string of the molecule is CCN(C(=O)c1ccc(Nc2cccc(C)c2)nn1)c1ccccc1. The molecule has 126 valence electrons. The fourth-order valence-electron chi connectivity index (χ4n) is 2.57. The Morgan fingerprint density at radius 1 is 1.00 bits per heavy atom. The summed E-state index contributed by atoms with van der Waals surface area (Å²) in [6, 6.07) is 21.0. The first-order valence-electron chi connectivity index (χ1n) is 8.21. The van der Waals surface area contributed by atoms with Gasteiger partial charge in [0.2, 0.25) is 0 Å². The Bertz CT molecular complexity index is 847. The Morgan fingerprint density at radius 3 is 2.44 bits per heavy atom. The zero-order chi connectivity index (χ0) is 17.6. The summed E-state index contributed by atoms with van der Waals surface area (Å²) < 4.78 is 0. The van der Waals surface area contributed by atoms with Crippen molar-refractivity contribution in [1.82, 2.24) is 10.2 Å². The monoisotopic (exact) mass is 332 g/mol. The smallest absolute Gasteiger partial charge is 0.278 e. The maximum Gasteiger partial charge on any atom is 0.278 e. The minimum Gasteiger partial charge on any atom is -0.339 e. The summed E-state index contributed by atoms with van der Waals surface area (Å²) in [6.45, 7) is 4.53.